The van der Waals surface area contributed by atoms with Gasteiger partial charge >= 0.3 is 6.03 Å². The van der Waals surface area contributed by atoms with Crippen LogP contribution in [0.1, 0.15) is 12.8 Å². The van der Waals surface area contributed by atoms with Crippen LogP contribution in [0.15, 0.2) is 12.4 Å². The van der Waals surface area contributed by atoms with E-state index in [4.69, 9.17) is 5.73 Å². The Morgan fingerprint density at radius 1 is 1.41 bits per heavy atom. The summed E-state index contributed by atoms with van der Waals surface area (Å²) in [6.45, 7) is 1.48. The largest absolute Gasteiger partial charge is 0.393 e. The van der Waals surface area contributed by atoms with Gasteiger partial charge in [0.15, 0.2) is 0 Å². The van der Waals surface area contributed by atoms with Crippen molar-refractivity contribution in [2.24, 2.45) is 5.73 Å². The normalized spacial score (nSPS) is 16.9. The number of amides is 2. The van der Waals surface area contributed by atoms with Crippen molar-refractivity contribution in [2.75, 3.05) is 23.3 Å². The summed E-state index contributed by atoms with van der Waals surface area (Å²) in [5.74, 6) is 0.604. The number of aliphatic hydroxyl groups excluding tert-OH is 1. The number of carbonyl (C=O) groups is 1. The van der Waals surface area contributed by atoms with E-state index in [9.17, 15) is 9.90 Å². The van der Waals surface area contributed by atoms with E-state index in [0.717, 1.165) is 25.9 Å². The van der Waals surface area contributed by atoms with Gasteiger partial charge in [0.1, 0.15) is 0 Å². The van der Waals surface area contributed by atoms with Crippen LogP contribution in [0.25, 0.3) is 0 Å². The fraction of sp³-hybridized carbons (Fsp3) is 0.500. The van der Waals surface area contributed by atoms with Gasteiger partial charge in [0, 0.05) is 13.1 Å². The lowest BCUT2D eigenvalue weighted by Crippen LogP contribution is -2.36. The van der Waals surface area contributed by atoms with E-state index < -0.39 is 6.03 Å². The number of hydrogen-bond acceptors (Lipinski definition) is 5. The molecule has 1 fully saturated rings. The Hall–Kier alpha value is -1.89. The van der Waals surface area contributed by atoms with Crippen LogP contribution >= 0.6 is 0 Å². The lowest BCUT2D eigenvalue weighted by molar-refractivity contribution is 0.145. The van der Waals surface area contributed by atoms with Gasteiger partial charge in [0.2, 0.25) is 5.95 Å². The number of anilines is 2. The highest BCUT2D eigenvalue weighted by Crippen LogP contribution is 2.16. The lowest BCUT2D eigenvalue weighted by atomic mass is 10.1. The van der Waals surface area contributed by atoms with Gasteiger partial charge in [-0.05, 0) is 12.8 Å². The van der Waals surface area contributed by atoms with Gasteiger partial charge in [-0.15, -0.1) is 0 Å². The molecule has 0 radical (unpaired) electrons. The standard InChI is InChI=1S/C10H15N5O2/c11-9(17)14-7-5-12-10(13-6-7)15-3-1-8(16)2-4-15/h5-6,8,16H,1-4H2,(H3,11,14,17). The number of carbonyl (C=O) groups excluding carboxylic acids is 1. The third-order valence-corrected chi connectivity index (χ3v) is 2.65. The van der Waals surface area contributed by atoms with Crippen LogP contribution in [0.2, 0.25) is 0 Å². The van der Waals surface area contributed by atoms with E-state index in [1.54, 1.807) is 0 Å². The minimum Gasteiger partial charge on any atom is -0.393 e. The fourth-order valence-electron chi connectivity index (χ4n) is 1.76. The predicted octanol–water partition coefficient (Wildman–Crippen LogP) is -0.0717. The van der Waals surface area contributed by atoms with Gasteiger partial charge < -0.3 is 21.1 Å². The van der Waals surface area contributed by atoms with Crippen molar-refractivity contribution in [2.45, 2.75) is 18.9 Å². The molecule has 1 aromatic heterocycles. The first-order valence-corrected chi connectivity index (χ1v) is 5.46. The van der Waals surface area contributed by atoms with Crippen molar-refractivity contribution < 1.29 is 9.90 Å². The van der Waals surface area contributed by atoms with Crippen LogP contribution in [0.3, 0.4) is 0 Å². The molecule has 0 aliphatic carbocycles. The highest BCUT2D eigenvalue weighted by atomic mass is 16.3. The van der Waals surface area contributed by atoms with Crippen LogP contribution < -0.4 is 16.0 Å². The summed E-state index contributed by atoms with van der Waals surface area (Å²) in [6, 6.07) is -0.637. The summed E-state index contributed by atoms with van der Waals surface area (Å²) in [7, 11) is 0. The maximum Gasteiger partial charge on any atom is 0.316 e. The number of nitrogens with zero attached hydrogens (tertiary/aromatic N) is 3. The smallest absolute Gasteiger partial charge is 0.316 e. The van der Waals surface area contributed by atoms with Crippen LogP contribution in [-0.2, 0) is 0 Å². The van der Waals surface area contributed by atoms with E-state index in [0.29, 0.717) is 11.6 Å². The van der Waals surface area contributed by atoms with E-state index in [-0.39, 0.29) is 6.10 Å². The zero-order chi connectivity index (χ0) is 12.3. The number of piperidine rings is 1. The number of nitrogens with one attached hydrogen (secondary N) is 1. The van der Waals surface area contributed by atoms with Gasteiger partial charge in [-0.1, -0.05) is 0 Å². The van der Waals surface area contributed by atoms with E-state index in [1.807, 2.05) is 4.90 Å². The van der Waals surface area contributed by atoms with E-state index in [2.05, 4.69) is 15.3 Å². The molecule has 1 aliphatic heterocycles. The Morgan fingerprint density at radius 2 is 2.00 bits per heavy atom. The zero-order valence-corrected chi connectivity index (χ0v) is 9.33. The van der Waals surface area contributed by atoms with Crippen LogP contribution in [0, 0.1) is 0 Å². The Morgan fingerprint density at radius 3 is 2.53 bits per heavy atom. The molecule has 4 N–H and O–H groups in total. The van der Waals surface area contributed by atoms with Crippen molar-refractivity contribution in [1.82, 2.24) is 9.97 Å². The molecule has 7 nitrogen and oxygen atoms in total. The number of rotatable bonds is 2. The van der Waals surface area contributed by atoms with Gasteiger partial charge in [-0.2, -0.15) is 0 Å². The fourth-order valence-corrected chi connectivity index (χ4v) is 1.76. The third-order valence-electron chi connectivity index (χ3n) is 2.65. The first-order valence-electron chi connectivity index (χ1n) is 5.46. The third kappa shape index (κ3) is 3.04. The van der Waals surface area contributed by atoms with Gasteiger partial charge in [-0.3, -0.25) is 0 Å². The van der Waals surface area contributed by atoms with E-state index >= 15 is 0 Å². The molecule has 0 atom stereocenters. The molecule has 2 heterocycles. The molecule has 2 amide bonds. The number of aliphatic hydroxyl groups is 1. The maximum atomic E-state index is 10.6. The SMILES string of the molecule is NC(=O)Nc1cnc(N2CCC(O)CC2)nc1. The Labute approximate surface area is 98.7 Å². The molecule has 92 valence electrons. The number of primary amides is 1. The predicted molar refractivity (Wildman–Crippen MR) is 62.7 cm³/mol. The zero-order valence-electron chi connectivity index (χ0n) is 9.33. The molecule has 2 rings (SSSR count). The van der Waals surface area contributed by atoms with Crippen LogP contribution in [0.5, 0.6) is 0 Å². The Kier molecular flexibility index (Phi) is 3.38. The van der Waals surface area contributed by atoms with E-state index in [1.165, 1.54) is 12.4 Å². The highest BCUT2D eigenvalue weighted by Gasteiger charge is 2.18. The maximum absolute atomic E-state index is 10.6. The quantitative estimate of drug-likeness (QED) is 0.667. The second-order valence-corrected chi connectivity index (χ2v) is 3.98. The number of aromatic nitrogens is 2. The van der Waals surface area contributed by atoms with Gasteiger partial charge in [-0.25, -0.2) is 14.8 Å². The van der Waals surface area contributed by atoms with Crippen molar-refractivity contribution in [1.29, 1.82) is 0 Å². The van der Waals surface area contributed by atoms with Crippen molar-refractivity contribution in [3.8, 4) is 0 Å². The molecule has 1 aromatic rings. The molecule has 0 unspecified atom stereocenters. The summed E-state index contributed by atoms with van der Waals surface area (Å²) >= 11 is 0. The first-order chi connectivity index (χ1) is 8.15. The van der Waals surface area contributed by atoms with Gasteiger partial charge in [0.25, 0.3) is 0 Å². The number of urea groups is 1. The van der Waals surface area contributed by atoms with Crippen LogP contribution in [0.4, 0.5) is 16.4 Å². The summed E-state index contributed by atoms with van der Waals surface area (Å²) in [5.41, 5.74) is 5.45. The average molecular weight is 237 g/mol. The molecule has 0 bridgehead atoms. The Balaban J connectivity index is 2.00. The molecule has 1 aliphatic rings. The van der Waals surface area contributed by atoms with Crippen molar-refractivity contribution in [3.05, 3.63) is 12.4 Å². The summed E-state index contributed by atoms with van der Waals surface area (Å²) in [4.78, 5) is 20.9. The molecule has 0 spiro atoms. The second kappa shape index (κ2) is 4.96. The molecule has 0 saturated carbocycles. The van der Waals surface area contributed by atoms with Crippen molar-refractivity contribution in [3.63, 3.8) is 0 Å². The summed E-state index contributed by atoms with van der Waals surface area (Å²) in [6.07, 6.45) is 4.26. The summed E-state index contributed by atoms with van der Waals surface area (Å²) in [5, 5.41) is 11.8. The first kappa shape index (κ1) is 11.6. The lowest BCUT2D eigenvalue weighted by Gasteiger charge is -2.29. The highest BCUT2D eigenvalue weighted by molar-refractivity contribution is 5.87. The molecule has 7 heteroatoms. The molecular weight excluding hydrogens is 222 g/mol. The molecule has 1 saturated heterocycles. The molecular formula is C10H15N5O2. The molecule has 17 heavy (non-hydrogen) atoms. The average Bonchev–Trinajstić information content (AvgIpc) is 2.30. The van der Waals surface area contributed by atoms with Gasteiger partial charge in [0.05, 0.1) is 24.2 Å². The Bertz CT molecular complexity index is 386. The second-order valence-electron chi connectivity index (χ2n) is 3.98. The minimum atomic E-state index is -0.637. The van der Waals surface area contributed by atoms with Crippen molar-refractivity contribution >= 4 is 17.7 Å². The minimum absolute atomic E-state index is 0.220. The number of nitrogens with two attached hydrogens (primary N) is 1. The number of hydrogen-bond donors (Lipinski definition) is 3. The topological polar surface area (TPSA) is 104 Å². The monoisotopic (exact) mass is 237 g/mol. The van der Waals surface area contributed by atoms with Crippen LogP contribution in [-0.4, -0.2) is 40.3 Å². The summed E-state index contributed by atoms with van der Waals surface area (Å²) < 4.78 is 0. The molecule has 0 aromatic carbocycles.